The Hall–Kier alpha value is -3.84. The molecule has 2 aromatic heterocycles. The molecule has 1 fully saturated rings. The van der Waals surface area contributed by atoms with E-state index in [0.29, 0.717) is 11.6 Å². The molecule has 1 aliphatic rings. The molecule has 0 spiro atoms. The zero-order valence-electron chi connectivity index (χ0n) is 19.9. The number of ether oxygens (including phenoxy) is 1. The minimum absolute atomic E-state index is 0.0498. The van der Waals surface area contributed by atoms with Gasteiger partial charge in [-0.05, 0) is 72.7 Å². The van der Waals surface area contributed by atoms with Gasteiger partial charge in [0.05, 0.1) is 7.11 Å². The van der Waals surface area contributed by atoms with Crippen LogP contribution in [0.2, 0.25) is 0 Å². The van der Waals surface area contributed by atoms with Gasteiger partial charge in [0.25, 0.3) is 5.56 Å². The lowest BCUT2D eigenvalue weighted by Crippen LogP contribution is -2.35. The maximum absolute atomic E-state index is 12.3. The van der Waals surface area contributed by atoms with Crippen molar-refractivity contribution in [2.75, 3.05) is 26.7 Å². The van der Waals surface area contributed by atoms with Crippen molar-refractivity contribution in [2.45, 2.75) is 25.3 Å². The molecule has 0 atom stereocenters. The number of fused-ring (bicyclic) bond motifs is 1. The Kier molecular flexibility index (Phi) is 6.42. The topological polar surface area (TPSA) is 82.5 Å². The number of amides is 1. The highest BCUT2D eigenvalue weighted by Crippen LogP contribution is 2.29. The summed E-state index contributed by atoms with van der Waals surface area (Å²) < 4.78 is 9.54. The van der Waals surface area contributed by atoms with E-state index in [1.807, 2.05) is 30.3 Å². The second kappa shape index (κ2) is 9.80. The molecule has 0 bridgehead atoms. The van der Waals surface area contributed by atoms with Gasteiger partial charge in [0, 0.05) is 60.9 Å². The highest BCUT2D eigenvalue weighted by Gasteiger charge is 2.22. The van der Waals surface area contributed by atoms with Gasteiger partial charge in [-0.25, -0.2) is 0 Å². The number of hydrogen-bond donors (Lipinski definition) is 1. The average Bonchev–Trinajstić information content (AvgIpc) is 3.31. The molecule has 180 valence electrons. The number of nitrogens with zero attached hydrogens (tertiary/aromatic N) is 3. The third kappa shape index (κ3) is 4.72. The fraction of sp³-hybridized carbons (Fsp3) is 0.286. The number of primary amides is 1. The molecule has 0 radical (unpaired) electrons. The highest BCUT2D eigenvalue weighted by atomic mass is 16.5. The fourth-order valence-corrected chi connectivity index (χ4v) is 5.07. The summed E-state index contributed by atoms with van der Waals surface area (Å²) in [6.45, 7) is 2.93. The Bertz CT molecular complexity index is 1410. The Morgan fingerprint density at radius 2 is 1.86 bits per heavy atom. The molecule has 0 saturated carbocycles. The third-order valence-electron chi connectivity index (χ3n) is 7.02. The van der Waals surface area contributed by atoms with Crippen LogP contribution in [-0.4, -0.2) is 46.7 Å². The summed E-state index contributed by atoms with van der Waals surface area (Å²) in [4.78, 5) is 26.4. The first-order chi connectivity index (χ1) is 17.0. The summed E-state index contributed by atoms with van der Waals surface area (Å²) in [6.07, 6.45) is 6.84. The molecule has 2 N–H and O–H groups in total. The lowest BCUT2D eigenvalue weighted by molar-refractivity contribution is 0.100. The lowest BCUT2D eigenvalue weighted by Gasteiger charge is -2.33. The second-order valence-corrected chi connectivity index (χ2v) is 9.09. The number of methoxy groups -OCH3 is 1. The van der Waals surface area contributed by atoms with Crippen LogP contribution in [0.4, 0.5) is 0 Å². The maximum atomic E-state index is 12.3. The van der Waals surface area contributed by atoms with Crippen molar-refractivity contribution in [1.82, 2.24) is 14.0 Å². The van der Waals surface area contributed by atoms with Gasteiger partial charge in [0.15, 0.2) is 0 Å². The van der Waals surface area contributed by atoms with E-state index in [4.69, 9.17) is 10.5 Å². The predicted molar refractivity (Wildman–Crippen MR) is 137 cm³/mol. The average molecular weight is 471 g/mol. The minimum Gasteiger partial charge on any atom is -0.496 e. The van der Waals surface area contributed by atoms with Crippen molar-refractivity contribution in [2.24, 2.45) is 5.73 Å². The number of nitrogens with two attached hydrogens (primary N) is 1. The summed E-state index contributed by atoms with van der Waals surface area (Å²) in [5, 5.41) is 1.13. The number of aromatic nitrogens is 2. The van der Waals surface area contributed by atoms with Crippen LogP contribution >= 0.6 is 0 Å². The molecular formula is C28H30N4O3. The number of pyridine rings is 1. The van der Waals surface area contributed by atoms with Crippen molar-refractivity contribution in [3.63, 3.8) is 0 Å². The van der Waals surface area contributed by atoms with Gasteiger partial charge in [-0.2, -0.15) is 0 Å². The van der Waals surface area contributed by atoms with Gasteiger partial charge < -0.3 is 19.9 Å². The van der Waals surface area contributed by atoms with Gasteiger partial charge in [-0.15, -0.1) is 0 Å². The number of benzene rings is 2. The highest BCUT2D eigenvalue weighted by molar-refractivity contribution is 5.97. The minimum atomic E-state index is -0.397. The number of rotatable bonds is 7. The number of carbonyl (C=O) groups is 1. The van der Waals surface area contributed by atoms with Gasteiger partial charge in [0.1, 0.15) is 5.75 Å². The number of piperidine rings is 1. The van der Waals surface area contributed by atoms with Crippen molar-refractivity contribution in [1.29, 1.82) is 0 Å². The smallest absolute Gasteiger partial charge is 0.255 e. The summed E-state index contributed by atoms with van der Waals surface area (Å²) >= 11 is 0. The van der Waals surface area contributed by atoms with Gasteiger partial charge in [-0.1, -0.05) is 12.1 Å². The van der Waals surface area contributed by atoms with Gasteiger partial charge in [-0.3, -0.25) is 14.2 Å². The van der Waals surface area contributed by atoms with Crippen LogP contribution in [0.1, 0.15) is 34.8 Å². The monoisotopic (exact) mass is 470 g/mol. The summed E-state index contributed by atoms with van der Waals surface area (Å²) in [6, 6.07) is 19.2. The van der Waals surface area contributed by atoms with E-state index >= 15 is 0 Å². The van der Waals surface area contributed by atoms with Crippen LogP contribution in [0.5, 0.6) is 5.75 Å². The molecule has 0 aliphatic carbocycles. The van der Waals surface area contributed by atoms with Crippen LogP contribution in [-0.2, 0) is 6.42 Å². The predicted octanol–water partition coefficient (Wildman–Crippen LogP) is 3.78. The Morgan fingerprint density at radius 3 is 2.60 bits per heavy atom. The molecule has 2 aromatic carbocycles. The SMILES string of the molecule is COc1ccc(-n2ccccc2=O)cc1CCN1CCC(n2ccc3ccc(C(N)=O)cc32)CC1. The summed E-state index contributed by atoms with van der Waals surface area (Å²) in [7, 11) is 1.68. The van der Waals surface area contributed by atoms with Crippen LogP contribution < -0.4 is 16.0 Å². The molecule has 7 heteroatoms. The second-order valence-electron chi connectivity index (χ2n) is 9.09. The first kappa shape index (κ1) is 22.9. The van der Waals surface area contributed by atoms with Crippen LogP contribution in [0.15, 0.2) is 77.9 Å². The lowest BCUT2D eigenvalue weighted by atomic mass is 10.0. The standard InChI is InChI=1S/C28H30N4O3/c1-35-26-8-7-24(32-13-3-2-4-27(32)33)18-21(26)9-14-30-15-11-23(12-16-30)31-17-10-20-5-6-22(28(29)34)19-25(20)31/h2-8,10,13,17-19,23H,9,11-12,14-16H2,1H3,(H2,29,34). The Labute approximate surface area is 204 Å². The van der Waals surface area contributed by atoms with E-state index in [2.05, 4.69) is 27.8 Å². The summed E-state index contributed by atoms with van der Waals surface area (Å²) in [5.74, 6) is 0.447. The van der Waals surface area contributed by atoms with E-state index in [1.54, 1.807) is 36.1 Å². The molecule has 1 aliphatic heterocycles. The molecule has 7 nitrogen and oxygen atoms in total. The first-order valence-electron chi connectivity index (χ1n) is 12.0. The zero-order chi connectivity index (χ0) is 24.4. The van der Waals surface area contributed by atoms with Crippen LogP contribution in [0.3, 0.4) is 0 Å². The van der Waals surface area contributed by atoms with Crippen molar-refractivity contribution in [3.8, 4) is 11.4 Å². The zero-order valence-corrected chi connectivity index (χ0v) is 19.9. The van der Waals surface area contributed by atoms with Crippen molar-refractivity contribution < 1.29 is 9.53 Å². The molecule has 3 heterocycles. The van der Waals surface area contributed by atoms with E-state index in [9.17, 15) is 9.59 Å². The van der Waals surface area contributed by atoms with Gasteiger partial charge >= 0.3 is 0 Å². The van der Waals surface area contributed by atoms with E-state index in [0.717, 1.165) is 66.8 Å². The van der Waals surface area contributed by atoms with Crippen LogP contribution in [0, 0.1) is 0 Å². The van der Waals surface area contributed by atoms with E-state index in [-0.39, 0.29) is 5.56 Å². The molecule has 4 aromatic rings. The number of likely N-dealkylation sites (tertiary alicyclic amines) is 1. The van der Waals surface area contributed by atoms with Crippen molar-refractivity contribution in [3.05, 3.63) is 94.5 Å². The van der Waals surface area contributed by atoms with E-state index in [1.165, 1.54) is 0 Å². The molecule has 1 saturated heterocycles. The van der Waals surface area contributed by atoms with Crippen molar-refractivity contribution >= 4 is 16.8 Å². The fourth-order valence-electron chi connectivity index (χ4n) is 5.07. The molecular weight excluding hydrogens is 440 g/mol. The Morgan fingerprint density at radius 1 is 1.03 bits per heavy atom. The quantitative estimate of drug-likeness (QED) is 0.446. The molecule has 5 rings (SSSR count). The van der Waals surface area contributed by atoms with Gasteiger partial charge in [0.2, 0.25) is 5.91 Å². The number of carbonyl (C=O) groups excluding carboxylic acids is 1. The number of hydrogen-bond acceptors (Lipinski definition) is 4. The first-order valence-corrected chi connectivity index (χ1v) is 12.0. The molecule has 35 heavy (non-hydrogen) atoms. The van der Waals surface area contributed by atoms with Crippen LogP contribution in [0.25, 0.3) is 16.6 Å². The Balaban J connectivity index is 1.25. The third-order valence-corrected chi connectivity index (χ3v) is 7.02. The largest absolute Gasteiger partial charge is 0.496 e. The molecule has 0 unspecified atom stereocenters. The summed E-state index contributed by atoms with van der Waals surface area (Å²) in [5.41, 5.74) is 9.00. The molecule has 1 amide bonds. The normalized spacial score (nSPS) is 14.9. The van der Waals surface area contributed by atoms with E-state index < -0.39 is 5.91 Å². The maximum Gasteiger partial charge on any atom is 0.255 e.